The van der Waals surface area contributed by atoms with Gasteiger partial charge in [0.25, 0.3) is 5.91 Å². The molecule has 0 aliphatic carbocycles. The Morgan fingerprint density at radius 2 is 1.45 bits per heavy atom. The summed E-state index contributed by atoms with van der Waals surface area (Å²) in [5, 5.41) is 0. The number of nitrogens with zero attached hydrogens (tertiary/aromatic N) is 2. The highest BCUT2D eigenvalue weighted by Gasteiger charge is 2.40. The second-order valence-electron chi connectivity index (χ2n) is 8.84. The molecule has 1 aliphatic heterocycles. The predicted octanol–water partition coefficient (Wildman–Crippen LogP) is 7.23. The number of rotatable bonds is 5. The summed E-state index contributed by atoms with van der Waals surface area (Å²) < 4.78 is 20.1. The zero-order valence-corrected chi connectivity index (χ0v) is 20.5. The Hall–Kier alpha value is -4.84. The van der Waals surface area contributed by atoms with Crippen LogP contribution >= 0.6 is 0 Å². The van der Waals surface area contributed by atoms with Crippen molar-refractivity contribution in [1.29, 1.82) is 0 Å². The van der Waals surface area contributed by atoms with E-state index in [4.69, 9.17) is 4.74 Å². The lowest BCUT2D eigenvalue weighted by Crippen LogP contribution is -2.32. The maximum atomic E-state index is 14.4. The fourth-order valence-corrected chi connectivity index (χ4v) is 4.44. The zero-order valence-electron chi connectivity index (χ0n) is 20.5. The number of aliphatic imine (C=N–C) groups is 1. The van der Waals surface area contributed by atoms with Gasteiger partial charge in [0.05, 0.1) is 5.56 Å². The molecule has 1 aliphatic rings. The monoisotopic (exact) mass is 504 g/mol. The number of amidine groups is 1. The van der Waals surface area contributed by atoms with Crippen molar-refractivity contribution in [3.8, 4) is 0 Å². The molecule has 0 spiro atoms. The molecule has 188 valence electrons. The molecule has 4 aromatic carbocycles. The molecule has 1 fully saturated rings. The van der Waals surface area contributed by atoms with Crippen molar-refractivity contribution in [3.63, 3.8) is 0 Å². The summed E-state index contributed by atoms with van der Waals surface area (Å²) in [6.07, 6.45) is 1.51. The van der Waals surface area contributed by atoms with Gasteiger partial charge in [0.15, 0.2) is 0 Å². The summed E-state index contributed by atoms with van der Waals surface area (Å²) in [5.74, 6) is -1.50. The zero-order chi connectivity index (χ0) is 26.3. The molecule has 0 radical (unpaired) electrons. The van der Waals surface area contributed by atoms with E-state index in [1.165, 1.54) is 23.1 Å². The fraction of sp³-hybridized carbons (Fsp3) is 0.0938. The highest BCUT2D eigenvalue weighted by molar-refractivity contribution is 6.10. The van der Waals surface area contributed by atoms with Crippen LogP contribution in [0.5, 0.6) is 0 Å². The third-order valence-electron chi connectivity index (χ3n) is 6.30. The Morgan fingerprint density at radius 3 is 2.13 bits per heavy atom. The number of benzene rings is 4. The van der Waals surface area contributed by atoms with Gasteiger partial charge in [0.2, 0.25) is 0 Å². The van der Waals surface area contributed by atoms with Crippen LogP contribution in [-0.2, 0) is 11.3 Å². The van der Waals surface area contributed by atoms with E-state index < -0.39 is 17.8 Å². The summed E-state index contributed by atoms with van der Waals surface area (Å²) in [7, 11) is 0. The standard InChI is InChI=1S/C32H25FN2O3/c33-28-19-11-10-18-26(28)31(36)34-30-21-27(25-16-8-3-9-17-25)29(20-23-12-4-1-5-13-23)35(30)32(37)38-22-24-14-6-2-7-15-24/h1-20,27H,21-22H2/b29-20-,34-30?. The van der Waals surface area contributed by atoms with E-state index in [1.54, 1.807) is 6.07 Å². The Labute approximate surface area is 220 Å². The molecule has 5 rings (SSSR count). The maximum Gasteiger partial charge on any atom is 0.420 e. The van der Waals surface area contributed by atoms with E-state index in [1.807, 2.05) is 97.1 Å². The van der Waals surface area contributed by atoms with E-state index in [0.29, 0.717) is 5.70 Å². The van der Waals surface area contributed by atoms with E-state index in [2.05, 4.69) is 4.99 Å². The number of carbonyl (C=O) groups excluding carboxylic acids is 2. The Kier molecular flexibility index (Phi) is 7.50. The van der Waals surface area contributed by atoms with Gasteiger partial charge in [-0.05, 0) is 34.9 Å². The summed E-state index contributed by atoms with van der Waals surface area (Å²) in [6, 6.07) is 34.3. The molecule has 1 atom stereocenters. The third-order valence-corrected chi connectivity index (χ3v) is 6.30. The van der Waals surface area contributed by atoms with Crippen molar-refractivity contribution >= 4 is 23.9 Å². The second-order valence-corrected chi connectivity index (χ2v) is 8.84. The number of halogens is 1. The number of ether oxygens (including phenoxy) is 1. The molecule has 0 aromatic heterocycles. The van der Waals surface area contributed by atoms with E-state index in [0.717, 1.165) is 16.7 Å². The van der Waals surface area contributed by atoms with Gasteiger partial charge in [0.1, 0.15) is 18.3 Å². The molecule has 0 N–H and O–H groups in total. The molecular weight excluding hydrogens is 479 g/mol. The first-order valence-corrected chi connectivity index (χ1v) is 12.3. The highest BCUT2D eigenvalue weighted by Crippen LogP contribution is 2.40. The van der Waals surface area contributed by atoms with E-state index in [-0.39, 0.29) is 30.3 Å². The van der Waals surface area contributed by atoms with E-state index in [9.17, 15) is 14.0 Å². The molecule has 1 heterocycles. The smallest absolute Gasteiger partial charge is 0.420 e. The number of carbonyl (C=O) groups is 2. The molecule has 1 saturated heterocycles. The van der Waals surface area contributed by atoms with Crippen LogP contribution in [0.3, 0.4) is 0 Å². The van der Waals surface area contributed by atoms with Crippen molar-refractivity contribution in [2.75, 3.05) is 0 Å². The number of amides is 2. The molecule has 5 nitrogen and oxygen atoms in total. The fourth-order valence-electron chi connectivity index (χ4n) is 4.44. The lowest BCUT2D eigenvalue weighted by molar-refractivity contribution is 0.0997. The molecule has 6 heteroatoms. The van der Waals surface area contributed by atoms with Crippen molar-refractivity contribution in [2.24, 2.45) is 4.99 Å². The van der Waals surface area contributed by atoms with Crippen LogP contribution in [0.15, 0.2) is 126 Å². The quantitative estimate of drug-likeness (QED) is 0.288. The summed E-state index contributed by atoms with van der Waals surface area (Å²) in [5.41, 5.74) is 3.13. The van der Waals surface area contributed by atoms with Crippen molar-refractivity contribution in [2.45, 2.75) is 18.9 Å². The number of hydrogen-bond acceptors (Lipinski definition) is 3. The Balaban J connectivity index is 1.58. The molecule has 1 unspecified atom stereocenters. The summed E-state index contributed by atoms with van der Waals surface area (Å²) >= 11 is 0. The Bertz CT molecular complexity index is 1490. The van der Waals surface area contributed by atoms with Gasteiger partial charge < -0.3 is 4.74 Å². The van der Waals surface area contributed by atoms with Crippen LogP contribution in [0, 0.1) is 5.82 Å². The van der Waals surface area contributed by atoms with Gasteiger partial charge in [-0.1, -0.05) is 103 Å². The average Bonchev–Trinajstić information content (AvgIpc) is 3.30. The van der Waals surface area contributed by atoms with Crippen LogP contribution in [0.1, 0.15) is 39.4 Å². The van der Waals surface area contributed by atoms with Crippen LogP contribution in [-0.4, -0.2) is 22.7 Å². The minimum absolute atomic E-state index is 0.0549. The maximum absolute atomic E-state index is 14.4. The molecule has 38 heavy (non-hydrogen) atoms. The SMILES string of the molecule is O=C(N=C1CC(c2ccccc2)/C(=C/c2ccccc2)N1C(=O)OCc1ccccc1)c1ccccc1F. The first-order chi connectivity index (χ1) is 18.6. The molecule has 4 aromatic rings. The van der Waals surface area contributed by atoms with Crippen LogP contribution in [0.25, 0.3) is 6.08 Å². The minimum atomic E-state index is -0.758. The first kappa shape index (κ1) is 24.8. The van der Waals surface area contributed by atoms with Crippen LogP contribution < -0.4 is 0 Å². The number of hydrogen-bond donors (Lipinski definition) is 0. The van der Waals surface area contributed by atoms with Crippen molar-refractivity contribution < 1.29 is 18.7 Å². The van der Waals surface area contributed by atoms with E-state index >= 15 is 0 Å². The van der Waals surface area contributed by atoms with Crippen molar-refractivity contribution in [3.05, 3.63) is 149 Å². The normalized spacial score (nSPS) is 17.1. The summed E-state index contributed by atoms with van der Waals surface area (Å²) in [4.78, 5) is 32.2. The molecule has 0 saturated carbocycles. The van der Waals surface area contributed by atoms with Gasteiger partial charge in [-0.3, -0.25) is 4.79 Å². The first-order valence-electron chi connectivity index (χ1n) is 12.3. The van der Waals surface area contributed by atoms with Gasteiger partial charge in [0, 0.05) is 18.0 Å². The minimum Gasteiger partial charge on any atom is -0.444 e. The number of allylic oxidation sites excluding steroid dienone is 1. The second kappa shape index (κ2) is 11.5. The van der Waals surface area contributed by atoms with Gasteiger partial charge in [-0.2, -0.15) is 4.99 Å². The molecule has 0 bridgehead atoms. The lowest BCUT2D eigenvalue weighted by Gasteiger charge is -2.21. The molecule has 2 amide bonds. The van der Waals surface area contributed by atoms with Gasteiger partial charge >= 0.3 is 6.09 Å². The summed E-state index contributed by atoms with van der Waals surface area (Å²) in [6.45, 7) is 0.0549. The molecular formula is C32H25FN2O3. The lowest BCUT2D eigenvalue weighted by atomic mass is 9.94. The van der Waals surface area contributed by atoms with Crippen molar-refractivity contribution in [1.82, 2.24) is 4.90 Å². The van der Waals surface area contributed by atoms with Crippen LogP contribution in [0.4, 0.5) is 9.18 Å². The largest absolute Gasteiger partial charge is 0.444 e. The van der Waals surface area contributed by atoms with Gasteiger partial charge in [-0.15, -0.1) is 0 Å². The average molecular weight is 505 g/mol. The third kappa shape index (κ3) is 5.60. The van der Waals surface area contributed by atoms with Crippen LogP contribution in [0.2, 0.25) is 0 Å². The highest BCUT2D eigenvalue weighted by atomic mass is 19.1. The predicted molar refractivity (Wildman–Crippen MR) is 145 cm³/mol. The topological polar surface area (TPSA) is 59.0 Å². The van der Waals surface area contributed by atoms with Gasteiger partial charge in [-0.25, -0.2) is 14.1 Å². The number of likely N-dealkylation sites (tertiary alicyclic amines) is 1. The Morgan fingerprint density at radius 1 is 0.842 bits per heavy atom.